The zero-order valence-corrected chi connectivity index (χ0v) is 10.8. The van der Waals surface area contributed by atoms with Gasteiger partial charge in [-0.15, -0.1) is 17.9 Å². The first kappa shape index (κ1) is 11.9. The molecule has 1 nitrogen and oxygen atoms in total. The smallest absolute Gasteiger partial charge is 0.0723 e. The standard InChI is InChI=1S/C15H17NS/c1-3-11-15(2,14-10-7-12-17-14)16-13-8-5-4-6-9-13/h3-10,12,16H,1,11H2,2H3. The molecule has 2 rings (SSSR count). The van der Waals surface area contributed by atoms with Gasteiger partial charge in [-0.1, -0.05) is 30.3 Å². The third-order valence-corrected chi connectivity index (χ3v) is 3.95. The highest BCUT2D eigenvalue weighted by atomic mass is 32.1. The molecule has 0 spiro atoms. The molecular formula is C15H17NS. The van der Waals surface area contributed by atoms with Gasteiger partial charge in [-0.05, 0) is 36.9 Å². The van der Waals surface area contributed by atoms with Crippen molar-refractivity contribution < 1.29 is 0 Å². The third-order valence-electron chi connectivity index (χ3n) is 2.81. The van der Waals surface area contributed by atoms with Crippen LogP contribution in [0.25, 0.3) is 0 Å². The van der Waals surface area contributed by atoms with E-state index in [0.29, 0.717) is 0 Å². The van der Waals surface area contributed by atoms with Gasteiger partial charge in [0.25, 0.3) is 0 Å². The van der Waals surface area contributed by atoms with Gasteiger partial charge < -0.3 is 5.32 Å². The Kier molecular flexibility index (Phi) is 3.64. The first-order valence-corrected chi connectivity index (χ1v) is 6.61. The molecule has 1 N–H and O–H groups in total. The summed E-state index contributed by atoms with van der Waals surface area (Å²) in [7, 11) is 0. The summed E-state index contributed by atoms with van der Waals surface area (Å²) in [4.78, 5) is 1.33. The molecule has 2 heteroatoms. The fraction of sp³-hybridized carbons (Fsp3) is 0.200. The number of hydrogen-bond acceptors (Lipinski definition) is 2. The molecule has 0 aliphatic heterocycles. The first-order chi connectivity index (χ1) is 8.24. The van der Waals surface area contributed by atoms with E-state index >= 15 is 0 Å². The molecule has 0 radical (unpaired) electrons. The zero-order chi connectivity index (χ0) is 12.1. The number of rotatable bonds is 5. The average Bonchev–Trinajstić information content (AvgIpc) is 2.84. The maximum absolute atomic E-state index is 3.86. The quantitative estimate of drug-likeness (QED) is 0.754. The van der Waals surface area contributed by atoms with E-state index < -0.39 is 0 Å². The number of thiophene rings is 1. The lowest BCUT2D eigenvalue weighted by Crippen LogP contribution is -2.30. The van der Waals surface area contributed by atoms with Crippen LogP contribution in [0.4, 0.5) is 5.69 Å². The summed E-state index contributed by atoms with van der Waals surface area (Å²) in [6.45, 7) is 6.08. The second-order valence-electron chi connectivity index (χ2n) is 4.29. The van der Waals surface area contributed by atoms with Gasteiger partial charge in [0.05, 0.1) is 5.54 Å². The molecule has 0 saturated heterocycles. The van der Waals surface area contributed by atoms with Crippen molar-refractivity contribution >= 4 is 17.0 Å². The molecule has 88 valence electrons. The summed E-state index contributed by atoms with van der Waals surface area (Å²) in [6.07, 6.45) is 2.87. The van der Waals surface area contributed by atoms with Gasteiger partial charge in [-0.2, -0.15) is 0 Å². The zero-order valence-electron chi connectivity index (χ0n) is 10.0. The molecule has 0 bridgehead atoms. The van der Waals surface area contributed by atoms with Crippen LogP contribution in [0.5, 0.6) is 0 Å². The average molecular weight is 243 g/mol. The molecule has 1 heterocycles. The Morgan fingerprint density at radius 1 is 1.24 bits per heavy atom. The number of anilines is 1. The third kappa shape index (κ3) is 2.77. The Morgan fingerprint density at radius 2 is 2.00 bits per heavy atom. The van der Waals surface area contributed by atoms with Gasteiger partial charge >= 0.3 is 0 Å². The van der Waals surface area contributed by atoms with Crippen LogP contribution in [0.15, 0.2) is 60.5 Å². The maximum atomic E-state index is 3.86. The number of para-hydroxylation sites is 1. The predicted molar refractivity (Wildman–Crippen MR) is 76.5 cm³/mol. The molecule has 0 saturated carbocycles. The van der Waals surface area contributed by atoms with Gasteiger partial charge in [0.2, 0.25) is 0 Å². The minimum atomic E-state index is -0.0722. The maximum Gasteiger partial charge on any atom is 0.0723 e. The molecule has 0 amide bonds. The number of hydrogen-bond donors (Lipinski definition) is 1. The highest BCUT2D eigenvalue weighted by Gasteiger charge is 2.25. The first-order valence-electron chi connectivity index (χ1n) is 5.73. The van der Waals surface area contributed by atoms with Crippen molar-refractivity contribution in [1.29, 1.82) is 0 Å². The van der Waals surface area contributed by atoms with E-state index in [0.717, 1.165) is 12.1 Å². The largest absolute Gasteiger partial charge is 0.375 e. The van der Waals surface area contributed by atoms with Gasteiger partial charge in [-0.25, -0.2) is 0 Å². The molecule has 0 aliphatic rings. The fourth-order valence-corrected chi connectivity index (χ4v) is 2.79. The second kappa shape index (κ2) is 5.19. The van der Waals surface area contributed by atoms with Crippen molar-refractivity contribution in [2.75, 3.05) is 5.32 Å². The Morgan fingerprint density at radius 3 is 2.59 bits per heavy atom. The van der Waals surface area contributed by atoms with Crippen LogP contribution in [0.1, 0.15) is 18.2 Å². The summed E-state index contributed by atoms with van der Waals surface area (Å²) in [5.41, 5.74) is 1.07. The Bertz CT molecular complexity index is 461. The van der Waals surface area contributed by atoms with Gasteiger partial charge in [-0.3, -0.25) is 0 Å². The lowest BCUT2D eigenvalue weighted by molar-refractivity contribution is 0.565. The van der Waals surface area contributed by atoms with Gasteiger partial charge in [0.1, 0.15) is 0 Å². The Labute approximate surface area is 107 Å². The molecule has 1 aromatic heterocycles. The van der Waals surface area contributed by atoms with Crippen LogP contribution in [0.2, 0.25) is 0 Å². The second-order valence-corrected chi connectivity index (χ2v) is 5.24. The fourth-order valence-electron chi connectivity index (χ4n) is 1.93. The number of benzene rings is 1. The van der Waals surface area contributed by atoms with Gasteiger partial charge in [0, 0.05) is 10.6 Å². The van der Waals surface area contributed by atoms with Crippen LogP contribution >= 0.6 is 11.3 Å². The molecule has 1 unspecified atom stereocenters. The SMILES string of the molecule is C=CCC(C)(Nc1ccccc1)c1cccs1. The van der Waals surface area contributed by atoms with Crippen LogP contribution < -0.4 is 5.32 Å². The molecule has 1 atom stereocenters. The molecule has 0 fully saturated rings. The summed E-state index contributed by atoms with van der Waals surface area (Å²) in [6, 6.07) is 14.6. The topological polar surface area (TPSA) is 12.0 Å². The van der Waals surface area contributed by atoms with E-state index in [1.54, 1.807) is 11.3 Å². The molecular weight excluding hydrogens is 226 g/mol. The lowest BCUT2D eigenvalue weighted by atomic mass is 9.95. The van der Waals surface area contributed by atoms with Crippen molar-refractivity contribution in [3.63, 3.8) is 0 Å². The van der Waals surface area contributed by atoms with E-state index in [2.05, 4.69) is 48.5 Å². The Hall–Kier alpha value is -1.54. The van der Waals surface area contributed by atoms with Crippen molar-refractivity contribution in [3.8, 4) is 0 Å². The lowest BCUT2D eigenvalue weighted by Gasteiger charge is -2.30. The summed E-state index contributed by atoms with van der Waals surface area (Å²) >= 11 is 1.78. The van der Waals surface area contributed by atoms with E-state index in [-0.39, 0.29) is 5.54 Å². The van der Waals surface area contributed by atoms with E-state index in [9.17, 15) is 0 Å². The highest BCUT2D eigenvalue weighted by molar-refractivity contribution is 7.10. The summed E-state index contributed by atoms with van der Waals surface area (Å²) in [5.74, 6) is 0. The minimum Gasteiger partial charge on any atom is -0.375 e. The molecule has 1 aromatic carbocycles. The highest BCUT2D eigenvalue weighted by Crippen LogP contribution is 2.32. The van der Waals surface area contributed by atoms with Gasteiger partial charge in [0.15, 0.2) is 0 Å². The normalized spacial score (nSPS) is 13.9. The Balaban J connectivity index is 2.26. The van der Waals surface area contributed by atoms with E-state index in [1.165, 1.54) is 4.88 Å². The van der Waals surface area contributed by atoms with Crippen LogP contribution in [-0.4, -0.2) is 0 Å². The van der Waals surface area contributed by atoms with Crippen LogP contribution in [0.3, 0.4) is 0 Å². The van der Waals surface area contributed by atoms with Crippen molar-refractivity contribution in [2.45, 2.75) is 18.9 Å². The predicted octanol–water partition coefficient (Wildman–Crippen LogP) is 4.65. The summed E-state index contributed by atoms with van der Waals surface area (Å²) in [5, 5.41) is 5.71. The minimum absolute atomic E-state index is 0.0722. The molecule has 17 heavy (non-hydrogen) atoms. The van der Waals surface area contributed by atoms with Crippen LogP contribution in [0, 0.1) is 0 Å². The summed E-state index contributed by atoms with van der Waals surface area (Å²) < 4.78 is 0. The number of nitrogens with one attached hydrogen (secondary N) is 1. The molecule has 2 aromatic rings. The molecule has 0 aliphatic carbocycles. The van der Waals surface area contributed by atoms with Crippen LogP contribution in [-0.2, 0) is 5.54 Å². The van der Waals surface area contributed by atoms with Crippen molar-refractivity contribution in [1.82, 2.24) is 0 Å². The van der Waals surface area contributed by atoms with Crippen molar-refractivity contribution in [2.24, 2.45) is 0 Å². The van der Waals surface area contributed by atoms with E-state index in [4.69, 9.17) is 0 Å². The monoisotopic (exact) mass is 243 g/mol. The van der Waals surface area contributed by atoms with Crippen molar-refractivity contribution in [3.05, 3.63) is 65.4 Å². The van der Waals surface area contributed by atoms with E-state index in [1.807, 2.05) is 24.3 Å².